The van der Waals surface area contributed by atoms with Crippen molar-refractivity contribution in [3.05, 3.63) is 78.4 Å². The molecular weight excluding hydrogens is 320 g/mol. The third kappa shape index (κ3) is 3.46. The summed E-state index contributed by atoms with van der Waals surface area (Å²) in [6.45, 7) is 4.58. The van der Waals surface area contributed by atoms with Gasteiger partial charge in [0.25, 0.3) is 5.91 Å². The maximum Gasteiger partial charge on any atom is 0.256 e. The molecule has 1 fully saturated rings. The molecule has 0 spiro atoms. The van der Waals surface area contributed by atoms with Gasteiger partial charge in [0.15, 0.2) is 5.11 Å². The van der Waals surface area contributed by atoms with Crippen molar-refractivity contribution >= 4 is 23.2 Å². The van der Waals surface area contributed by atoms with E-state index in [0.717, 1.165) is 16.9 Å². The zero-order chi connectivity index (χ0) is 16.9. The Bertz CT molecular complexity index is 744. The molecule has 24 heavy (non-hydrogen) atoms. The highest BCUT2D eigenvalue weighted by Gasteiger charge is 2.35. The molecule has 0 aliphatic carbocycles. The second kappa shape index (κ2) is 7.27. The Morgan fingerprint density at radius 3 is 2.54 bits per heavy atom. The fraction of sp³-hybridized carbons (Fsp3) is 0.158. The lowest BCUT2D eigenvalue weighted by molar-refractivity contribution is -0.126. The molecule has 5 heteroatoms. The van der Waals surface area contributed by atoms with Crippen molar-refractivity contribution in [2.24, 2.45) is 0 Å². The van der Waals surface area contributed by atoms with Crippen molar-refractivity contribution in [3.8, 4) is 5.75 Å². The fourth-order valence-electron chi connectivity index (χ4n) is 2.54. The van der Waals surface area contributed by atoms with Crippen molar-refractivity contribution in [2.45, 2.75) is 12.6 Å². The number of nitrogens with one attached hydrogen (secondary N) is 1. The van der Waals surface area contributed by atoms with Crippen LogP contribution in [0.25, 0.3) is 0 Å². The minimum absolute atomic E-state index is 0.0575. The van der Waals surface area contributed by atoms with Crippen LogP contribution in [0.5, 0.6) is 5.75 Å². The Labute approximate surface area is 146 Å². The van der Waals surface area contributed by atoms with E-state index in [-0.39, 0.29) is 5.91 Å². The Morgan fingerprint density at radius 2 is 1.88 bits per heavy atom. The first-order chi connectivity index (χ1) is 11.7. The van der Waals surface area contributed by atoms with Crippen molar-refractivity contribution in [1.29, 1.82) is 0 Å². The summed E-state index contributed by atoms with van der Waals surface area (Å²) in [7, 11) is 0. The van der Waals surface area contributed by atoms with E-state index in [1.807, 2.05) is 54.6 Å². The lowest BCUT2D eigenvalue weighted by Crippen LogP contribution is -2.30. The summed E-state index contributed by atoms with van der Waals surface area (Å²) in [6, 6.07) is 17.0. The summed E-state index contributed by atoms with van der Waals surface area (Å²) in [6.07, 6.45) is 1.66. The minimum atomic E-state index is -0.444. The van der Waals surface area contributed by atoms with E-state index in [1.54, 1.807) is 6.08 Å². The van der Waals surface area contributed by atoms with Gasteiger partial charge in [0.05, 0.1) is 0 Å². The average molecular weight is 338 g/mol. The molecule has 1 aliphatic heterocycles. The van der Waals surface area contributed by atoms with Crippen LogP contribution in [0.4, 0.5) is 0 Å². The second-order valence-electron chi connectivity index (χ2n) is 5.46. The number of ether oxygens (including phenoxy) is 1. The van der Waals surface area contributed by atoms with Gasteiger partial charge in [-0.2, -0.15) is 0 Å². The predicted molar refractivity (Wildman–Crippen MR) is 97.6 cm³/mol. The van der Waals surface area contributed by atoms with Gasteiger partial charge in [-0.05, 0) is 35.5 Å². The fourth-order valence-corrected chi connectivity index (χ4v) is 2.83. The highest BCUT2D eigenvalue weighted by atomic mass is 32.1. The maximum atomic E-state index is 12.4. The van der Waals surface area contributed by atoms with Gasteiger partial charge >= 0.3 is 0 Å². The number of rotatable bonds is 6. The number of carbonyl (C=O) groups excluding carboxylic acids is 1. The van der Waals surface area contributed by atoms with Crippen molar-refractivity contribution in [2.75, 3.05) is 6.54 Å². The summed E-state index contributed by atoms with van der Waals surface area (Å²) in [4.78, 5) is 13.9. The van der Waals surface area contributed by atoms with E-state index in [0.29, 0.717) is 18.3 Å². The number of hydrogen-bond donors (Lipinski definition) is 1. The monoisotopic (exact) mass is 338 g/mol. The summed E-state index contributed by atoms with van der Waals surface area (Å²) in [5.41, 5.74) is 1.97. The van der Waals surface area contributed by atoms with Gasteiger partial charge in [-0.15, -0.1) is 6.58 Å². The van der Waals surface area contributed by atoms with Crippen LogP contribution >= 0.6 is 12.2 Å². The molecule has 0 bridgehead atoms. The minimum Gasteiger partial charge on any atom is -0.489 e. The number of nitrogens with zero attached hydrogens (tertiary/aromatic N) is 1. The average Bonchev–Trinajstić information content (AvgIpc) is 2.90. The summed E-state index contributed by atoms with van der Waals surface area (Å²) >= 11 is 5.20. The lowest BCUT2D eigenvalue weighted by atomic mass is 10.1. The SMILES string of the molecule is C=CCN1C(=O)C(c2ccc(OCc3ccccc3)cc2)NC1=S. The zero-order valence-electron chi connectivity index (χ0n) is 13.1. The van der Waals surface area contributed by atoms with E-state index in [9.17, 15) is 4.79 Å². The standard InChI is InChI=1S/C19H18N2O2S/c1-2-12-21-18(22)17(20-19(21)24)15-8-10-16(11-9-15)23-13-14-6-4-3-5-7-14/h2-11,17H,1,12-13H2,(H,20,24). The van der Waals surface area contributed by atoms with Gasteiger partial charge in [0.1, 0.15) is 18.4 Å². The normalized spacial score (nSPS) is 16.8. The lowest BCUT2D eigenvalue weighted by Gasteiger charge is -2.12. The van der Waals surface area contributed by atoms with Gasteiger partial charge < -0.3 is 10.1 Å². The first-order valence-electron chi connectivity index (χ1n) is 7.68. The predicted octanol–water partition coefficient (Wildman–Crippen LogP) is 3.21. The summed E-state index contributed by atoms with van der Waals surface area (Å²) in [5.74, 6) is 0.705. The van der Waals surface area contributed by atoms with Crippen molar-refractivity contribution in [1.82, 2.24) is 10.2 Å². The van der Waals surface area contributed by atoms with Crippen LogP contribution in [0, 0.1) is 0 Å². The Balaban J connectivity index is 1.65. The number of thiocarbonyl (C=S) groups is 1. The van der Waals surface area contributed by atoms with Gasteiger partial charge in [-0.25, -0.2) is 0 Å². The van der Waals surface area contributed by atoms with E-state index >= 15 is 0 Å². The van der Waals surface area contributed by atoms with Crippen LogP contribution in [-0.4, -0.2) is 22.5 Å². The topological polar surface area (TPSA) is 41.6 Å². The number of amides is 1. The summed E-state index contributed by atoms with van der Waals surface area (Å²) in [5, 5.41) is 3.49. The molecule has 3 rings (SSSR count). The molecule has 1 N–H and O–H groups in total. The third-order valence-corrected chi connectivity index (χ3v) is 4.14. The maximum absolute atomic E-state index is 12.4. The molecule has 1 atom stereocenters. The Kier molecular flexibility index (Phi) is 4.91. The molecule has 2 aromatic carbocycles. The largest absolute Gasteiger partial charge is 0.489 e. The van der Waals surface area contributed by atoms with Crippen molar-refractivity contribution < 1.29 is 9.53 Å². The van der Waals surface area contributed by atoms with Crippen LogP contribution in [-0.2, 0) is 11.4 Å². The number of hydrogen-bond acceptors (Lipinski definition) is 3. The zero-order valence-corrected chi connectivity index (χ0v) is 14.0. The Morgan fingerprint density at radius 1 is 1.17 bits per heavy atom. The second-order valence-corrected chi connectivity index (χ2v) is 5.85. The van der Waals surface area contributed by atoms with Gasteiger partial charge in [-0.3, -0.25) is 9.69 Å². The van der Waals surface area contributed by atoms with E-state index in [1.165, 1.54) is 4.90 Å². The molecule has 1 heterocycles. The van der Waals surface area contributed by atoms with Gasteiger partial charge in [0, 0.05) is 6.54 Å². The molecular formula is C19H18N2O2S. The molecule has 1 saturated heterocycles. The van der Waals surface area contributed by atoms with Crippen LogP contribution in [0.1, 0.15) is 17.2 Å². The van der Waals surface area contributed by atoms with E-state index < -0.39 is 6.04 Å². The van der Waals surface area contributed by atoms with E-state index in [4.69, 9.17) is 17.0 Å². The van der Waals surface area contributed by atoms with Gasteiger partial charge in [0.2, 0.25) is 0 Å². The molecule has 0 saturated carbocycles. The molecule has 1 amide bonds. The first-order valence-corrected chi connectivity index (χ1v) is 8.09. The van der Waals surface area contributed by atoms with E-state index in [2.05, 4.69) is 11.9 Å². The molecule has 122 valence electrons. The van der Waals surface area contributed by atoms with Gasteiger partial charge in [-0.1, -0.05) is 48.5 Å². The first kappa shape index (κ1) is 16.2. The third-order valence-electron chi connectivity index (χ3n) is 3.80. The molecule has 1 aliphatic rings. The molecule has 0 aromatic heterocycles. The quantitative estimate of drug-likeness (QED) is 0.649. The molecule has 4 nitrogen and oxygen atoms in total. The highest BCUT2D eigenvalue weighted by molar-refractivity contribution is 7.80. The van der Waals surface area contributed by atoms with Crippen LogP contribution in [0.2, 0.25) is 0 Å². The number of carbonyl (C=O) groups is 1. The van der Waals surface area contributed by atoms with Crippen LogP contribution in [0.15, 0.2) is 67.3 Å². The van der Waals surface area contributed by atoms with Crippen LogP contribution < -0.4 is 10.1 Å². The highest BCUT2D eigenvalue weighted by Crippen LogP contribution is 2.24. The summed E-state index contributed by atoms with van der Waals surface area (Å²) < 4.78 is 5.76. The Hall–Kier alpha value is -2.66. The number of benzene rings is 2. The molecule has 1 unspecified atom stereocenters. The molecule has 0 radical (unpaired) electrons. The molecule has 2 aromatic rings. The smallest absolute Gasteiger partial charge is 0.256 e. The van der Waals surface area contributed by atoms with Crippen LogP contribution in [0.3, 0.4) is 0 Å². The van der Waals surface area contributed by atoms with Crippen molar-refractivity contribution in [3.63, 3.8) is 0 Å².